The lowest BCUT2D eigenvalue weighted by Gasteiger charge is -2.22. The standard InChI is InChI=1S/C26H25Cl2F2N7O/c1-25(2,3)13-33-22-15(10-31)11-32-23-18(22)8-16(9-20(23)28)34-24(17-6-4-5-7-19(17)27)21-12-37(36-35-21)26(29,30)14-38/h4-9,11-12,24,34,38H,13-14H2,1-3H3,(H,32,33)/t24-/m1/s1/i24D. The molecule has 0 saturated carbocycles. The SMILES string of the molecule is [2H][C@](Nc1cc(Cl)c2ncc(C#N)c(NCC(C)(C)C)c2c1)(c1cn(C(F)(F)CO)nn1)c1ccccc1Cl. The quantitative estimate of drug-likeness (QED) is 0.235. The molecule has 0 radical (unpaired) electrons. The number of hydrogen-bond donors (Lipinski definition) is 3. The summed E-state index contributed by atoms with van der Waals surface area (Å²) in [7, 11) is 0. The molecule has 0 fully saturated rings. The number of nitrogens with zero attached hydrogens (tertiary/aromatic N) is 5. The van der Waals surface area contributed by atoms with E-state index in [0.29, 0.717) is 34.4 Å². The Morgan fingerprint density at radius 3 is 2.61 bits per heavy atom. The van der Waals surface area contributed by atoms with Gasteiger partial charge in [0.25, 0.3) is 0 Å². The van der Waals surface area contributed by atoms with Crippen molar-refractivity contribution in [3.8, 4) is 6.07 Å². The number of nitrogens with one attached hydrogen (secondary N) is 2. The van der Waals surface area contributed by atoms with E-state index < -0.39 is 18.7 Å². The number of alkyl halides is 2. The number of aromatic nitrogens is 4. The van der Waals surface area contributed by atoms with E-state index >= 15 is 0 Å². The molecule has 3 N–H and O–H groups in total. The zero-order chi connectivity index (χ0) is 28.6. The summed E-state index contributed by atoms with van der Waals surface area (Å²) in [5.41, 5.74) is 1.45. The molecule has 1 atom stereocenters. The van der Waals surface area contributed by atoms with Gasteiger partial charge in [-0.3, -0.25) is 4.98 Å². The number of benzene rings is 2. The smallest absolute Gasteiger partial charge is 0.367 e. The Morgan fingerprint density at radius 2 is 1.95 bits per heavy atom. The molecule has 2 heterocycles. The Hall–Kier alpha value is -3.52. The van der Waals surface area contributed by atoms with Crippen LogP contribution in [0.5, 0.6) is 0 Å². The van der Waals surface area contributed by atoms with Crippen LogP contribution in [0.3, 0.4) is 0 Å². The van der Waals surface area contributed by atoms with Crippen molar-refractivity contribution in [2.24, 2.45) is 5.41 Å². The van der Waals surface area contributed by atoms with Crippen molar-refractivity contribution in [2.45, 2.75) is 32.8 Å². The van der Waals surface area contributed by atoms with Crippen molar-refractivity contribution in [3.63, 3.8) is 0 Å². The van der Waals surface area contributed by atoms with Crippen LogP contribution in [0, 0.1) is 16.7 Å². The average molecular weight is 561 g/mol. The van der Waals surface area contributed by atoms with E-state index in [0.717, 1.165) is 6.20 Å². The summed E-state index contributed by atoms with van der Waals surface area (Å²) < 4.78 is 37.9. The fraction of sp³-hybridized carbons (Fsp3) is 0.308. The van der Waals surface area contributed by atoms with Gasteiger partial charge in [0, 0.05) is 28.8 Å². The first-order valence-electron chi connectivity index (χ1n) is 12.0. The van der Waals surface area contributed by atoms with E-state index in [1.807, 2.05) is 20.8 Å². The van der Waals surface area contributed by atoms with Gasteiger partial charge in [-0.15, -0.1) is 5.10 Å². The van der Waals surface area contributed by atoms with Crippen LogP contribution in [0.15, 0.2) is 48.8 Å². The lowest BCUT2D eigenvalue weighted by atomic mass is 9.96. The molecule has 198 valence electrons. The third-order valence-corrected chi connectivity index (χ3v) is 6.15. The highest BCUT2D eigenvalue weighted by atomic mass is 35.5. The number of aliphatic hydroxyl groups excluding tert-OH is 1. The largest absolute Gasteiger partial charge is 0.388 e. The van der Waals surface area contributed by atoms with Crippen LogP contribution in [-0.4, -0.2) is 38.2 Å². The number of nitriles is 1. The monoisotopic (exact) mass is 560 g/mol. The second kappa shape index (κ2) is 10.7. The van der Waals surface area contributed by atoms with E-state index in [4.69, 9.17) is 28.3 Å². The summed E-state index contributed by atoms with van der Waals surface area (Å²) in [5.74, 6) is 0. The zero-order valence-corrected chi connectivity index (χ0v) is 22.2. The van der Waals surface area contributed by atoms with Crippen molar-refractivity contribution in [3.05, 3.63) is 75.7 Å². The molecule has 0 amide bonds. The Morgan fingerprint density at radius 1 is 1.21 bits per heavy atom. The number of rotatable bonds is 8. The molecule has 38 heavy (non-hydrogen) atoms. The normalized spacial score (nSPS) is 14.0. The Bertz CT molecular complexity index is 1570. The molecule has 4 rings (SSSR count). The van der Waals surface area contributed by atoms with Crippen molar-refractivity contribution < 1.29 is 15.3 Å². The molecule has 0 aliphatic rings. The highest BCUT2D eigenvalue weighted by Crippen LogP contribution is 2.37. The number of anilines is 2. The summed E-state index contributed by atoms with van der Waals surface area (Å²) in [5, 5.41) is 33.3. The van der Waals surface area contributed by atoms with E-state index in [1.165, 1.54) is 12.3 Å². The molecule has 2 aromatic heterocycles. The maximum absolute atomic E-state index is 14.1. The van der Waals surface area contributed by atoms with Crippen LogP contribution in [0.2, 0.25) is 10.0 Å². The highest BCUT2D eigenvalue weighted by Gasteiger charge is 2.33. The molecule has 2 aromatic carbocycles. The van der Waals surface area contributed by atoms with Gasteiger partial charge in [-0.25, -0.2) is 0 Å². The Balaban J connectivity index is 1.89. The zero-order valence-electron chi connectivity index (χ0n) is 21.7. The molecule has 4 aromatic rings. The van der Waals surface area contributed by atoms with Gasteiger partial charge >= 0.3 is 6.05 Å². The van der Waals surface area contributed by atoms with Gasteiger partial charge in [-0.1, -0.05) is 67.4 Å². The maximum atomic E-state index is 14.1. The molecule has 0 saturated heterocycles. The number of aliphatic hydroxyl groups is 1. The second-order valence-electron chi connectivity index (χ2n) is 9.78. The molecule has 0 aliphatic heterocycles. The minimum Gasteiger partial charge on any atom is -0.388 e. The van der Waals surface area contributed by atoms with E-state index in [9.17, 15) is 15.4 Å². The molecule has 0 aliphatic carbocycles. The number of halogens is 4. The second-order valence-corrected chi connectivity index (χ2v) is 10.6. The van der Waals surface area contributed by atoms with Crippen LogP contribution in [0.1, 0.15) is 45.0 Å². The first-order valence-corrected chi connectivity index (χ1v) is 12.3. The highest BCUT2D eigenvalue weighted by molar-refractivity contribution is 6.36. The van der Waals surface area contributed by atoms with Crippen LogP contribution in [-0.2, 0) is 6.05 Å². The predicted molar refractivity (Wildman–Crippen MR) is 144 cm³/mol. The van der Waals surface area contributed by atoms with Crippen molar-refractivity contribution >= 4 is 45.5 Å². The Labute approximate surface area is 229 Å². The molecule has 8 nitrogen and oxygen atoms in total. The van der Waals surface area contributed by atoms with Crippen molar-refractivity contribution in [1.82, 2.24) is 20.0 Å². The van der Waals surface area contributed by atoms with E-state index in [-0.39, 0.29) is 31.4 Å². The third-order valence-electron chi connectivity index (χ3n) is 5.53. The van der Waals surface area contributed by atoms with Gasteiger partial charge in [0.1, 0.15) is 18.4 Å². The Kier molecular flexibility index (Phi) is 7.34. The topological polar surface area (TPSA) is 112 Å². The molecule has 0 unspecified atom stereocenters. The third kappa shape index (κ3) is 5.80. The summed E-state index contributed by atoms with van der Waals surface area (Å²) in [4.78, 5) is 4.34. The summed E-state index contributed by atoms with van der Waals surface area (Å²) in [6.07, 6.45) is 2.30. The fourth-order valence-corrected chi connectivity index (χ4v) is 4.15. The summed E-state index contributed by atoms with van der Waals surface area (Å²) >= 11 is 13.0. The van der Waals surface area contributed by atoms with Crippen LogP contribution in [0.4, 0.5) is 20.2 Å². The molecule has 0 bridgehead atoms. The van der Waals surface area contributed by atoms with Gasteiger partial charge in [0.15, 0.2) is 0 Å². The molecule has 0 spiro atoms. The summed E-state index contributed by atoms with van der Waals surface area (Å²) in [6.45, 7) is 5.17. The van der Waals surface area contributed by atoms with Gasteiger partial charge < -0.3 is 15.7 Å². The van der Waals surface area contributed by atoms with Crippen LogP contribution in [0.25, 0.3) is 10.9 Å². The van der Waals surface area contributed by atoms with Crippen molar-refractivity contribution in [2.75, 3.05) is 23.8 Å². The fourth-order valence-electron chi connectivity index (χ4n) is 3.65. The number of hydrogen-bond acceptors (Lipinski definition) is 7. The minimum absolute atomic E-state index is 0.106. The lowest BCUT2D eigenvalue weighted by Crippen LogP contribution is -2.27. The molecule has 12 heteroatoms. The first kappa shape index (κ1) is 26.1. The van der Waals surface area contributed by atoms with Gasteiger partial charge in [-0.2, -0.15) is 18.7 Å². The number of pyridine rings is 1. The van der Waals surface area contributed by atoms with Crippen LogP contribution < -0.4 is 10.6 Å². The van der Waals surface area contributed by atoms with Gasteiger partial charge in [0.05, 0.1) is 35.4 Å². The van der Waals surface area contributed by atoms with Crippen LogP contribution >= 0.6 is 23.2 Å². The first-order chi connectivity index (χ1) is 18.3. The molecular formula is C26H25Cl2F2N7O. The minimum atomic E-state index is -3.73. The lowest BCUT2D eigenvalue weighted by molar-refractivity contribution is -0.131. The maximum Gasteiger partial charge on any atom is 0.367 e. The molecular weight excluding hydrogens is 535 g/mol. The van der Waals surface area contributed by atoms with Gasteiger partial charge in [-0.05, 0) is 29.2 Å². The predicted octanol–water partition coefficient (Wildman–Crippen LogP) is 6.21. The average Bonchev–Trinajstić information content (AvgIpc) is 3.39. The summed E-state index contributed by atoms with van der Waals surface area (Å²) in [6, 6.07) is 6.00. The van der Waals surface area contributed by atoms with Crippen molar-refractivity contribution in [1.29, 1.82) is 5.26 Å². The number of fused-ring (bicyclic) bond motifs is 1. The van der Waals surface area contributed by atoms with E-state index in [1.54, 1.807) is 30.3 Å². The van der Waals surface area contributed by atoms with E-state index in [2.05, 4.69) is 32.0 Å². The van der Waals surface area contributed by atoms with Gasteiger partial charge in [0.2, 0.25) is 0 Å².